The van der Waals surface area contributed by atoms with Gasteiger partial charge < -0.3 is 15.2 Å². The third-order valence-corrected chi connectivity index (χ3v) is 4.32. The first-order valence-corrected chi connectivity index (χ1v) is 8.54. The molecular formula is C15H23Br2NO2. The van der Waals surface area contributed by atoms with Crippen molar-refractivity contribution in [2.75, 3.05) is 20.3 Å². The summed E-state index contributed by atoms with van der Waals surface area (Å²) in [6.07, 6.45) is 3.16. The fourth-order valence-corrected chi connectivity index (χ4v) is 3.80. The summed E-state index contributed by atoms with van der Waals surface area (Å²) in [7, 11) is 1.68. The standard InChI is InChI=1S/C15H23Br2NO2/c1-3-4-11(5-6-19)9-18-10-12-7-13(16)8-14(17)15(12)20-2/h7-8,11,18-19H,3-6,9-10H2,1-2H3. The van der Waals surface area contributed by atoms with Gasteiger partial charge in [0.2, 0.25) is 0 Å². The monoisotopic (exact) mass is 407 g/mol. The van der Waals surface area contributed by atoms with E-state index >= 15 is 0 Å². The highest BCUT2D eigenvalue weighted by Crippen LogP contribution is 2.32. The molecule has 1 aromatic carbocycles. The van der Waals surface area contributed by atoms with Crippen LogP contribution in [0.25, 0.3) is 0 Å². The van der Waals surface area contributed by atoms with E-state index in [0.29, 0.717) is 5.92 Å². The van der Waals surface area contributed by atoms with Crippen molar-refractivity contribution in [1.29, 1.82) is 0 Å². The molecule has 1 unspecified atom stereocenters. The third-order valence-electron chi connectivity index (χ3n) is 3.27. The SMILES string of the molecule is CCCC(CCO)CNCc1cc(Br)cc(Br)c1OC. The first-order chi connectivity index (χ1) is 9.62. The maximum atomic E-state index is 9.07. The topological polar surface area (TPSA) is 41.5 Å². The largest absolute Gasteiger partial charge is 0.495 e. The number of aliphatic hydroxyl groups excluding tert-OH is 1. The Kier molecular flexibility index (Phi) is 8.77. The zero-order chi connectivity index (χ0) is 15.0. The summed E-state index contributed by atoms with van der Waals surface area (Å²) in [5.41, 5.74) is 1.12. The molecule has 2 N–H and O–H groups in total. The Morgan fingerprint density at radius 3 is 2.65 bits per heavy atom. The number of hydrogen-bond donors (Lipinski definition) is 2. The summed E-state index contributed by atoms with van der Waals surface area (Å²) >= 11 is 7.01. The van der Waals surface area contributed by atoms with Crippen molar-refractivity contribution in [3.63, 3.8) is 0 Å². The summed E-state index contributed by atoms with van der Waals surface area (Å²) < 4.78 is 7.42. The van der Waals surface area contributed by atoms with Gasteiger partial charge in [-0.05, 0) is 53.4 Å². The van der Waals surface area contributed by atoms with Crippen LogP contribution in [0.2, 0.25) is 0 Å². The summed E-state index contributed by atoms with van der Waals surface area (Å²) in [5.74, 6) is 1.40. The molecule has 0 saturated heterocycles. The van der Waals surface area contributed by atoms with E-state index in [-0.39, 0.29) is 6.61 Å². The lowest BCUT2D eigenvalue weighted by atomic mass is 10.00. The van der Waals surface area contributed by atoms with E-state index in [1.807, 2.05) is 6.07 Å². The Morgan fingerprint density at radius 1 is 1.30 bits per heavy atom. The molecule has 20 heavy (non-hydrogen) atoms. The van der Waals surface area contributed by atoms with Gasteiger partial charge in [-0.2, -0.15) is 0 Å². The van der Waals surface area contributed by atoms with Gasteiger partial charge in [0.25, 0.3) is 0 Å². The minimum Gasteiger partial charge on any atom is -0.495 e. The number of halogens is 2. The molecule has 5 heteroatoms. The number of methoxy groups -OCH3 is 1. The van der Waals surface area contributed by atoms with Gasteiger partial charge in [0, 0.05) is 23.2 Å². The van der Waals surface area contributed by atoms with Gasteiger partial charge in [-0.15, -0.1) is 0 Å². The molecule has 0 amide bonds. The van der Waals surface area contributed by atoms with Gasteiger partial charge in [0.05, 0.1) is 11.6 Å². The number of nitrogens with one attached hydrogen (secondary N) is 1. The summed E-state index contributed by atoms with van der Waals surface area (Å²) in [6.45, 7) is 4.12. The van der Waals surface area contributed by atoms with Crippen molar-refractivity contribution < 1.29 is 9.84 Å². The molecule has 0 saturated carbocycles. The lowest BCUT2D eigenvalue weighted by Crippen LogP contribution is -2.23. The van der Waals surface area contributed by atoms with E-state index in [1.54, 1.807) is 7.11 Å². The minimum atomic E-state index is 0.262. The van der Waals surface area contributed by atoms with E-state index < -0.39 is 0 Å². The first kappa shape index (κ1) is 18.0. The first-order valence-electron chi connectivity index (χ1n) is 6.95. The second kappa shape index (κ2) is 9.77. The molecule has 1 aromatic rings. The van der Waals surface area contributed by atoms with Crippen LogP contribution in [0.3, 0.4) is 0 Å². The van der Waals surface area contributed by atoms with Crippen molar-refractivity contribution in [3.8, 4) is 5.75 Å². The highest BCUT2D eigenvalue weighted by atomic mass is 79.9. The van der Waals surface area contributed by atoms with Crippen molar-refractivity contribution in [2.24, 2.45) is 5.92 Å². The number of aliphatic hydroxyl groups is 1. The van der Waals surface area contributed by atoms with Gasteiger partial charge >= 0.3 is 0 Å². The van der Waals surface area contributed by atoms with Crippen LogP contribution in [0, 0.1) is 5.92 Å². The highest BCUT2D eigenvalue weighted by Gasteiger charge is 2.11. The number of ether oxygens (including phenoxy) is 1. The van der Waals surface area contributed by atoms with Crippen molar-refractivity contribution in [1.82, 2.24) is 5.32 Å². The highest BCUT2D eigenvalue weighted by molar-refractivity contribution is 9.11. The second-order valence-corrected chi connectivity index (χ2v) is 6.65. The zero-order valence-electron chi connectivity index (χ0n) is 12.1. The van der Waals surface area contributed by atoms with E-state index in [2.05, 4.69) is 50.2 Å². The molecule has 3 nitrogen and oxygen atoms in total. The maximum absolute atomic E-state index is 9.07. The van der Waals surface area contributed by atoms with Gasteiger partial charge in [-0.3, -0.25) is 0 Å². The molecule has 0 aliphatic heterocycles. The predicted octanol–water partition coefficient (Wildman–Crippen LogP) is 4.11. The zero-order valence-corrected chi connectivity index (χ0v) is 15.3. The van der Waals surface area contributed by atoms with Crippen molar-refractivity contribution >= 4 is 31.9 Å². The molecule has 0 aliphatic rings. The molecule has 0 fully saturated rings. The normalized spacial score (nSPS) is 12.4. The number of hydrogen-bond acceptors (Lipinski definition) is 3. The summed E-state index contributed by atoms with van der Waals surface area (Å²) in [6, 6.07) is 4.05. The van der Waals surface area contributed by atoms with Crippen molar-refractivity contribution in [3.05, 3.63) is 26.6 Å². The van der Waals surface area contributed by atoms with Crippen LogP contribution in [-0.4, -0.2) is 25.4 Å². The van der Waals surface area contributed by atoms with Crippen LogP contribution >= 0.6 is 31.9 Å². The molecule has 0 heterocycles. The Balaban J connectivity index is 2.60. The van der Waals surface area contributed by atoms with E-state index in [0.717, 1.165) is 52.6 Å². The van der Waals surface area contributed by atoms with Gasteiger partial charge in [0.15, 0.2) is 0 Å². The molecule has 1 atom stereocenters. The molecule has 1 rings (SSSR count). The summed E-state index contributed by atoms with van der Waals surface area (Å²) in [5, 5.41) is 12.5. The average molecular weight is 409 g/mol. The summed E-state index contributed by atoms with van der Waals surface area (Å²) in [4.78, 5) is 0. The van der Waals surface area contributed by atoms with Gasteiger partial charge in [-0.1, -0.05) is 29.3 Å². The predicted molar refractivity (Wildman–Crippen MR) is 90.2 cm³/mol. The second-order valence-electron chi connectivity index (χ2n) is 4.88. The number of benzene rings is 1. The molecular weight excluding hydrogens is 386 g/mol. The fraction of sp³-hybridized carbons (Fsp3) is 0.600. The average Bonchev–Trinajstić information content (AvgIpc) is 2.38. The van der Waals surface area contributed by atoms with Crippen molar-refractivity contribution in [2.45, 2.75) is 32.7 Å². The van der Waals surface area contributed by atoms with Crippen LogP contribution in [0.1, 0.15) is 31.7 Å². The molecule has 0 aliphatic carbocycles. The smallest absolute Gasteiger partial charge is 0.137 e. The molecule has 0 spiro atoms. The quantitative estimate of drug-likeness (QED) is 0.645. The van der Waals surface area contributed by atoms with Crippen LogP contribution in [0.4, 0.5) is 0 Å². The van der Waals surface area contributed by atoms with Gasteiger partial charge in [-0.25, -0.2) is 0 Å². The Hall–Kier alpha value is -0.100. The Bertz CT molecular complexity index is 407. The van der Waals surface area contributed by atoms with E-state index in [9.17, 15) is 0 Å². The van der Waals surface area contributed by atoms with E-state index in [1.165, 1.54) is 0 Å². The van der Waals surface area contributed by atoms with Gasteiger partial charge in [0.1, 0.15) is 5.75 Å². The lowest BCUT2D eigenvalue weighted by Gasteiger charge is -2.17. The maximum Gasteiger partial charge on any atom is 0.137 e. The lowest BCUT2D eigenvalue weighted by molar-refractivity contribution is 0.248. The number of rotatable bonds is 9. The molecule has 0 bridgehead atoms. The van der Waals surface area contributed by atoms with Crippen LogP contribution in [0.5, 0.6) is 5.75 Å². The fourth-order valence-electron chi connectivity index (χ4n) is 2.32. The van der Waals surface area contributed by atoms with E-state index in [4.69, 9.17) is 9.84 Å². The Labute approximate surface area is 138 Å². The minimum absolute atomic E-state index is 0.262. The molecule has 0 radical (unpaired) electrons. The Morgan fingerprint density at radius 2 is 2.05 bits per heavy atom. The van der Waals surface area contributed by atoms with Crippen LogP contribution in [-0.2, 0) is 6.54 Å². The molecule has 0 aromatic heterocycles. The van der Waals surface area contributed by atoms with Crippen LogP contribution < -0.4 is 10.1 Å². The molecule has 114 valence electrons. The van der Waals surface area contributed by atoms with Crippen LogP contribution in [0.15, 0.2) is 21.1 Å². The third kappa shape index (κ3) is 5.72.